The Bertz CT molecular complexity index is 1130. The molecule has 5 rings (SSSR count). The van der Waals surface area contributed by atoms with Crippen molar-refractivity contribution in [1.29, 1.82) is 0 Å². The van der Waals surface area contributed by atoms with E-state index in [2.05, 4.69) is 33.4 Å². The highest BCUT2D eigenvalue weighted by atomic mass is 16.2. The number of carbonyl (C=O) groups excluding carboxylic acids is 2. The van der Waals surface area contributed by atoms with E-state index in [0.29, 0.717) is 13.1 Å². The van der Waals surface area contributed by atoms with Crippen LogP contribution in [0.5, 0.6) is 0 Å². The van der Waals surface area contributed by atoms with Gasteiger partial charge in [-0.1, -0.05) is 18.2 Å². The number of hydrogen-bond acceptors (Lipinski definition) is 4. The molecule has 0 radical (unpaired) electrons. The van der Waals surface area contributed by atoms with Crippen molar-refractivity contribution in [2.24, 2.45) is 0 Å². The van der Waals surface area contributed by atoms with Gasteiger partial charge < -0.3 is 24.0 Å². The first-order valence-corrected chi connectivity index (χ1v) is 11.8. The van der Waals surface area contributed by atoms with Crippen molar-refractivity contribution in [3.63, 3.8) is 0 Å². The molecule has 0 aliphatic carbocycles. The van der Waals surface area contributed by atoms with Crippen molar-refractivity contribution in [3.8, 4) is 0 Å². The number of pyridine rings is 1. The first-order chi connectivity index (χ1) is 16.1. The Labute approximate surface area is 194 Å². The highest BCUT2D eigenvalue weighted by molar-refractivity contribution is 5.95. The summed E-state index contributed by atoms with van der Waals surface area (Å²) in [5.41, 5.74) is 2.53. The fourth-order valence-corrected chi connectivity index (χ4v) is 4.80. The third kappa shape index (κ3) is 4.46. The number of amides is 2. The SMILES string of the molecule is CN1CCCN(C(=O)c2ccc3ccc(N4CCN(C(=O)c5ccccc5)CC4)n3c2)CC1. The van der Waals surface area contributed by atoms with Crippen LogP contribution in [0.25, 0.3) is 5.52 Å². The summed E-state index contributed by atoms with van der Waals surface area (Å²) in [5.74, 6) is 1.26. The minimum absolute atomic E-state index is 0.0891. The second-order valence-corrected chi connectivity index (χ2v) is 9.00. The van der Waals surface area contributed by atoms with E-state index in [0.717, 1.165) is 68.2 Å². The molecular weight excluding hydrogens is 414 g/mol. The van der Waals surface area contributed by atoms with Gasteiger partial charge in [-0.3, -0.25) is 9.59 Å². The summed E-state index contributed by atoms with van der Waals surface area (Å²) in [5, 5.41) is 0. The van der Waals surface area contributed by atoms with Crippen LogP contribution in [0, 0.1) is 0 Å². The van der Waals surface area contributed by atoms with E-state index in [1.165, 1.54) is 0 Å². The molecule has 33 heavy (non-hydrogen) atoms. The predicted octanol–water partition coefficient (Wildman–Crippen LogP) is 2.68. The van der Waals surface area contributed by atoms with Crippen molar-refractivity contribution in [1.82, 2.24) is 19.1 Å². The molecule has 2 aromatic heterocycles. The summed E-state index contributed by atoms with van der Waals surface area (Å²) >= 11 is 0. The van der Waals surface area contributed by atoms with Gasteiger partial charge in [-0.2, -0.15) is 0 Å². The molecule has 172 valence electrons. The van der Waals surface area contributed by atoms with E-state index >= 15 is 0 Å². The van der Waals surface area contributed by atoms with Crippen LogP contribution in [0.1, 0.15) is 27.1 Å². The summed E-state index contributed by atoms with van der Waals surface area (Å²) in [7, 11) is 2.11. The zero-order valence-electron chi connectivity index (χ0n) is 19.2. The lowest BCUT2D eigenvalue weighted by Gasteiger charge is -2.36. The van der Waals surface area contributed by atoms with Crippen LogP contribution >= 0.6 is 0 Å². The molecule has 2 amide bonds. The molecule has 7 nitrogen and oxygen atoms in total. The molecule has 2 saturated heterocycles. The average molecular weight is 446 g/mol. The molecule has 0 spiro atoms. The van der Waals surface area contributed by atoms with Crippen LogP contribution in [0.15, 0.2) is 60.8 Å². The van der Waals surface area contributed by atoms with Crippen LogP contribution < -0.4 is 4.90 Å². The fraction of sp³-hybridized carbons (Fsp3) is 0.385. The van der Waals surface area contributed by atoms with Gasteiger partial charge in [-0.15, -0.1) is 0 Å². The van der Waals surface area contributed by atoms with Crippen molar-refractivity contribution < 1.29 is 9.59 Å². The minimum Gasteiger partial charge on any atom is -0.354 e. The number of rotatable bonds is 3. The molecule has 0 unspecified atom stereocenters. The van der Waals surface area contributed by atoms with Gasteiger partial charge in [0.25, 0.3) is 11.8 Å². The fourth-order valence-electron chi connectivity index (χ4n) is 4.80. The van der Waals surface area contributed by atoms with Crippen LogP contribution in [0.3, 0.4) is 0 Å². The van der Waals surface area contributed by atoms with Gasteiger partial charge in [-0.25, -0.2) is 0 Å². The Kier molecular flexibility index (Phi) is 6.05. The second-order valence-electron chi connectivity index (χ2n) is 9.00. The standard InChI is InChI=1S/C26H31N5O2/c1-27-12-5-13-29(15-14-27)26(33)22-8-9-23-10-11-24(31(23)20-22)28-16-18-30(19-17-28)25(32)21-6-3-2-4-7-21/h2-4,6-11,20H,5,12-19H2,1H3. The van der Waals surface area contributed by atoms with Crippen LogP contribution in [0.2, 0.25) is 0 Å². The van der Waals surface area contributed by atoms with Gasteiger partial charge in [0, 0.05) is 63.1 Å². The van der Waals surface area contributed by atoms with Gasteiger partial charge >= 0.3 is 0 Å². The van der Waals surface area contributed by atoms with Gasteiger partial charge in [0.05, 0.1) is 5.56 Å². The molecule has 4 heterocycles. The van der Waals surface area contributed by atoms with Gasteiger partial charge in [-0.05, 0) is 56.4 Å². The Morgan fingerprint density at radius 3 is 2.12 bits per heavy atom. The molecule has 2 aliphatic rings. The third-order valence-corrected chi connectivity index (χ3v) is 6.80. The molecule has 0 atom stereocenters. The first-order valence-electron chi connectivity index (χ1n) is 11.8. The number of carbonyl (C=O) groups is 2. The number of nitrogens with zero attached hydrogens (tertiary/aromatic N) is 5. The molecule has 7 heteroatoms. The van der Waals surface area contributed by atoms with Crippen molar-refractivity contribution >= 4 is 23.1 Å². The second kappa shape index (κ2) is 9.27. The summed E-state index contributed by atoms with van der Waals surface area (Å²) < 4.78 is 2.12. The quantitative estimate of drug-likeness (QED) is 0.622. The summed E-state index contributed by atoms with van der Waals surface area (Å²) in [4.78, 5) is 34.5. The molecule has 2 aliphatic heterocycles. The van der Waals surface area contributed by atoms with Crippen LogP contribution in [-0.4, -0.2) is 90.3 Å². The number of piperazine rings is 1. The maximum absolute atomic E-state index is 13.2. The number of aromatic nitrogens is 1. The number of anilines is 1. The van der Waals surface area contributed by atoms with E-state index in [1.807, 2.05) is 58.5 Å². The predicted molar refractivity (Wildman–Crippen MR) is 130 cm³/mol. The van der Waals surface area contributed by atoms with E-state index in [-0.39, 0.29) is 11.8 Å². The van der Waals surface area contributed by atoms with Crippen molar-refractivity contribution in [3.05, 3.63) is 71.9 Å². The molecule has 2 fully saturated rings. The Balaban J connectivity index is 1.30. The lowest BCUT2D eigenvalue weighted by atomic mass is 10.2. The van der Waals surface area contributed by atoms with Gasteiger partial charge in [0.2, 0.25) is 0 Å². The molecule has 0 saturated carbocycles. The van der Waals surface area contributed by atoms with E-state index in [1.54, 1.807) is 0 Å². The number of hydrogen-bond donors (Lipinski definition) is 0. The zero-order chi connectivity index (χ0) is 22.8. The highest BCUT2D eigenvalue weighted by Gasteiger charge is 2.24. The maximum atomic E-state index is 13.2. The van der Waals surface area contributed by atoms with E-state index in [4.69, 9.17) is 0 Å². The summed E-state index contributed by atoms with van der Waals surface area (Å²) in [6.07, 6.45) is 2.98. The Morgan fingerprint density at radius 2 is 1.33 bits per heavy atom. The van der Waals surface area contributed by atoms with E-state index in [9.17, 15) is 9.59 Å². The lowest BCUT2D eigenvalue weighted by Crippen LogP contribution is -2.49. The molecule has 1 aromatic carbocycles. The average Bonchev–Trinajstić information content (AvgIpc) is 3.16. The van der Waals surface area contributed by atoms with E-state index < -0.39 is 0 Å². The molecule has 0 bridgehead atoms. The smallest absolute Gasteiger partial charge is 0.255 e. The van der Waals surface area contributed by atoms with Crippen molar-refractivity contribution in [2.75, 3.05) is 64.3 Å². The highest BCUT2D eigenvalue weighted by Crippen LogP contribution is 2.23. The van der Waals surface area contributed by atoms with Gasteiger partial charge in [0.1, 0.15) is 5.82 Å². The molecule has 3 aromatic rings. The maximum Gasteiger partial charge on any atom is 0.255 e. The Hall–Kier alpha value is -3.32. The number of likely N-dealkylation sites (N-methyl/N-ethyl adjacent to an activating group) is 1. The largest absolute Gasteiger partial charge is 0.354 e. The van der Waals surface area contributed by atoms with Crippen LogP contribution in [-0.2, 0) is 0 Å². The lowest BCUT2D eigenvalue weighted by molar-refractivity contribution is 0.0743. The molecule has 0 N–H and O–H groups in total. The summed E-state index contributed by atoms with van der Waals surface area (Å²) in [6.45, 7) is 6.41. The van der Waals surface area contributed by atoms with Gasteiger partial charge in [0.15, 0.2) is 0 Å². The molecular formula is C26H31N5O2. The Morgan fingerprint density at radius 1 is 0.667 bits per heavy atom. The minimum atomic E-state index is 0.0891. The topological polar surface area (TPSA) is 51.5 Å². The normalized spacial score (nSPS) is 17.9. The monoisotopic (exact) mass is 445 g/mol. The number of fused-ring (bicyclic) bond motifs is 1. The summed E-state index contributed by atoms with van der Waals surface area (Å²) in [6, 6.07) is 17.6. The van der Waals surface area contributed by atoms with Crippen molar-refractivity contribution in [2.45, 2.75) is 6.42 Å². The number of benzene rings is 1. The first kappa shape index (κ1) is 21.5. The van der Waals surface area contributed by atoms with Crippen LogP contribution in [0.4, 0.5) is 5.82 Å². The third-order valence-electron chi connectivity index (χ3n) is 6.80. The zero-order valence-corrected chi connectivity index (χ0v) is 19.2.